The van der Waals surface area contributed by atoms with Gasteiger partial charge in [0, 0.05) is 0 Å². The molecule has 0 saturated carbocycles. The number of rotatable bonds is 4. The zero-order valence-electron chi connectivity index (χ0n) is 19.7. The van der Waals surface area contributed by atoms with Crippen molar-refractivity contribution in [2.24, 2.45) is 0 Å². The van der Waals surface area contributed by atoms with E-state index < -0.39 is 28.9 Å². The summed E-state index contributed by atoms with van der Waals surface area (Å²) in [5.74, 6) is 0. The number of hydrogen-bond acceptors (Lipinski definition) is 0. The van der Waals surface area contributed by atoms with Crippen LogP contribution >= 0.6 is 0 Å². The van der Waals surface area contributed by atoms with E-state index in [4.69, 9.17) is 0 Å². The van der Waals surface area contributed by atoms with Crippen molar-refractivity contribution >= 4 is 0 Å². The number of benzene rings is 1. The molecule has 0 aliphatic heterocycles. The molecule has 0 spiro atoms. The highest BCUT2D eigenvalue weighted by atomic mass is 19.4. The lowest BCUT2D eigenvalue weighted by molar-refractivity contribution is -0.289. The van der Waals surface area contributed by atoms with E-state index in [0.29, 0.717) is 0 Å². The van der Waals surface area contributed by atoms with Crippen LogP contribution in [-0.4, -0.2) is 12.4 Å². The molecule has 1 aromatic rings. The quantitative estimate of drug-likeness (QED) is 0.323. The minimum atomic E-state index is -5.56. The topological polar surface area (TPSA) is 0 Å². The lowest BCUT2D eigenvalue weighted by Gasteiger charge is -2.39. The number of allylic oxidation sites excluding steroid dienone is 5. The number of alkyl halides is 6. The van der Waals surface area contributed by atoms with Gasteiger partial charge in [0.1, 0.15) is 0 Å². The lowest BCUT2D eigenvalue weighted by Crippen LogP contribution is -2.55. The van der Waals surface area contributed by atoms with Gasteiger partial charge >= 0.3 is 12.4 Å². The Bertz CT molecular complexity index is 550. The van der Waals surface area contributed by atoms with Crippen LogP contribution in [0.3, 0.4) is 0 Å². The third kappa shape index (κ3) is 9.23. The molecule has 0 fully saturated rings. The average molecular weight is 441 g/mol. The first-order valence-corrected chi connectivity index (χ1v) is 10.3. The van der Waals surface area contributed by atoms with E-state index in [1.807, 2.05) is 55.4 Å². The molecule has 176 valence electrons. The van der Waals surface area contributed by atoms with Crippen LogP contribution < -0.4 is 0 Å². The number of halogens is 6. The number of hydrogen-bond donors (Lipinski definition) is 0. The second-order valence-electron chi connectivity index (χ2n) is 4.45. The summed E-state index contributed by atoms with van der Waals surface area (Å²) in [6.07, 6.45) is -7.36. The molecular weight excluding hydrogens is 402 g/mol. The maximum absolute atomic E-state index is 13.6. The third-order valence-electron chi connectivity index (χ3n) is 3.21. The summed E-state index contributed by atoms with van der Waals surface area (Å²) >= 11 is 0. The van der Waals surface area contributed by atoms with Crippen molar-refractivity contribution in [3.8, 4) is 0 Å². The first kappa shape index (κ1) is 35.5. The SMILES string of the molecule is C=C/C=C\C(=C/C)C(c1ccccc1)(C(F)(F)F)C(F)(F)F.CC.CC.CC.CC. The minimum absolute atomic E-state index is 0.779. The van der Waals surface area contributed by atoms with Gasteiger partial charge in [0.2, 0.25) is 5.41 Å². The van der Waals surface area contributed by atoms with Gasteiger partial charge in [0.15, 0.2) is 0 Å². The van der Waals surface area contributed by atoms with Crippen LogP contribution in [0.15, 0.2) is 66.8 Å². The maximum atomic E-state index is 13.6. The predicted molar refractivity (Wildman–Crippen MR) is 119 cm³/mol. The van der Waals surface area contributed by atoms with Gasteiger partial charge in [-0.15, -0.1) is 0 Å². The van der Waals surface area contributed by atoms with Crippen LogP contribution in [0.25, 0.3) is 0 Å². The standard InChI is InChI=1S/C16H14F6.4C2H6/c1-3-5-9-12(4-2)14(15(17,18)19,16(20,21)22)13-10-7-6-8-11-13;4*1-2/h3-11H,1H2,2H3;4*1-2H3/b9-5-,12-4+;;;;. The highest BCUT2D eigenvalue weighted by molar-refractivity contribution is 5.46. The molecule has 0 aliphatic carbocycles. The van der Waals surface area contributed by atoms with Crippen molar-refractivity contribution in [1.29, 1.82) is 0 Å². The van der Waals surface area contributed by atoms with Crippen molar-refractivity contribution in [1.82, 2.24) is 0 Å². The van der Waals surface area contributed by atoms with Crippen molar-refractivity contribution in [3.63, 3.8) is 0 Å². The Labute approximate surface area is 179 Å². The van der Waals surface area contributed by atoms with Crippen LogP contribution in [0, 0.1) is 0 Å². The predicted octanol–water partition coefficient (Wildman–Crippen LogP) is 9.84. The van der Waals surface area contributed by atoms with E-state index in [-0.39, 0.29) is 0 Å². The molecule has 1 aromatic carbocycles. The summed E-state index contributed by atoms with van der Waals surface area (Å²) in [6, 6.07) is 5.30. The molecule has 0 bridgehead atoms. The second-order valence-corrected chi connectivity index (χ2v) is 4.45. The summed E-state index contributed by atoms with van der Waals surface area (Å²) < 4.78 is 81.6. The molecule has 0 N–H and O–H groups in total. The molecule has 0 atom stereocenters. The molecule has 0 aliphatic rings. The highest BCUT2D eigenvalue weighted by Gasteiger charge is 2.72. The smallest absolute Gasteiger partial charge is 0.169 e. The maximum Gasteiger partial charge on any atom is 0.411 e. The molecule has 0 heterocycles. The Kier molecular flexibility index (Phi) is 22.5. The van der Waals surface area contributed by atoms with Gasteiger partial charge in [-0.3, -0.25) is 0 Å². The Balaban J connectivity index is -0.000000376. The first-order chi connectivity index (χ1) is 14.1. The summed E-state index contributed by atoms with van der Waals surface area (Å²) in [5, 5.41) is 0. The Morgan fingerprint density at radius 3 is 1.37 bits per heavy atom. The van der Waals surface area contributed by atoms with Crippen molar-refractivity contribution in [3.05, 3.63) is 72.4 Å². The van der Waals surface area contributed by atoms with Gasteiger partial charge in [0.25, 0.3) is 0 Å². The summed E-state index contributed by atoms with van der Waals surface area (Å²) in [4.78, 5) is 0. The van der Waals surface area contributed by atoms with Gasteiger partial charge in [0.05, 0.1) is 0 Å². The van der Waals surface area contributed by atoms with Gasteiger partial charge in [-0.1, -0.05) is 117 Å². The molecule has 0 unspecified atom stereocenters. The van der Waals surface area contributed by atoms with E-state index in [0.717, 1.165) is 55.5 Å². The summed E-state index contributed by atoms with van der Waals surface area (Å²) in [7, 11) is 0. The zero-order chi connectivity index (χ0) is 25.0. The normalized spacial score (nSPS) is 11.4. The molecule has 0 amide bonds. The minimum Gasteiger partial charge on any atom is -0.169 e. The fourth-order valence-corrected chi connectivity index (χ4v) is 2.28. The van der Waals surface area contributed by atoms with Gasteiger partial charge in [-0.25, -0.2) is 0 Å². The molecule has 0 aromatic heterocycles. The fourth-order valence-electron chi connectivity index (χ4n) is 2.28. The van der Waals surface area contributed by atoms with Gasteiger partial charge in [-0.2, -0.15) is 26.3 Å². The van der Waals surface area contributed by atoms with Crippen LogP contribution in [0.1, 0.15) is 67.9 Å². The Morgan fingerprint density at radius 2 is 1.10 bits per heavy atom. The zero-order valence-corrected chi connectivity index (χ0v) is 19.7. The van der Waals surface area contributed by atoms with E-state index in [9.17, 15) is 26.3 Å². The van der Waals surface area contributed by atoms with E-state index in [1.54, 1.807) is 0 Å². The van der Waals surface area contributed by atoms with Gasteiger partial charge in [-0.05, 0) is 18.1 Å². The molecule has 30 heavy (non-hydrogen) atoms. The van der Waals surface area contributed by atoms with Crippen LogP contribution in [0.2, 0.25) is 0 Å². The van der Waals surface area contributed by atoms with E-state index >= 15 is 0 Å². The summed E-state index contributed by atoms with van der Waals surface area (Å²) in [5.41, 5.74) is -5.87. The fraction of sp³-hybridized carbons (Fsp3) is 0.500. The molecule has 0 saturated heterocycles. The Morgan fingerprint density at radius 1 is 0.733 bits per heavy atom. The second kappa shape index (κ2) is 19.0. The molecule has 0 nitrogen and oxygen atoms in total. The highest BCUT2D eigenvalue weighted by Crippen LogP contribution is 2.56. The van der Waals surface area contributed by atoms with Crippen molar-refractivity contribution in [2.45, 2.75) is 80.1 Å². The van der Waals surface area contributed by atoms with Gasteiger partial charge < -0.3 is 0 Å². The molecule has 6 heteroatoms. The van der Waals surface area contributed by atoms with Crippen LogP contribution in [-0.2, 0) is 5.41 Å². The lowest BCUT2D eigenvalue weighted by atomic mass is 9.72. The largest absolute Gasteiger partial charge is 0.411 e. The molecular formula is C24H38F6. The first-order valence-electron chi connectivity index (χ1n) is 10.3. The van der Waals surface area contributed by atoms with E-state index in [1.165, 1.54) is 6.07 Å². The average Bonchev–Trinajstić information content (AvgIpc) is 2.75. The van der Waals surface area contributed by atoms with Crippen LogP contribution in [0.5, 0.6) is 0 Å². The molecule has 1 rings (SSSR count). The molecule has 0 radical (unpaired) electrons. The van der Waals surface area contributed by atoms with Crippen molar-refractivity contribution < 1.29 is 26.3 Å². The van der Waals surface area contributed by atoms with Crippen LogP contribution in [0.4, 0.5) is 26.3 Å². The van der Waals surface area contributed by atoms with Crippen molar-refractivity contribution in [2.75, 3.05) is 0 Å². The Hall–Kier alpha value is -1.98. The third-order valence-corrected chi connectivity index (χ3v) is 3.21. The monoisotopic (exact) mass is 440 g/mol. The van der Waals surface area contributed by atoms with E-state index in [2.05, 4.69) is 6.58 Å². The summed E-state index contributed by atoms with van der Waals surface area (Å²) in [6.45, 7) is 20.4.